The standard InChI is InChI=1S/C33H34F2N6O6/c34-29(35)26(20-42)25(31(44)39-17-22-11-14-36-15-12-22)13-16-37-28(43)19-41-30(24-9-5-2-6-10-24)38-18-27(32(41)45)40-33(46)47-21-23-7-3-1-4-8-23/h1-12,14-15,18,25-26,29,42H,13,16-17,19-21H2,(H,37,43)(H,39,44)(H,40,46). The Hall–Kier alpha value is -5.50. The van der Waals surface area contributed by atoms with Crippen LogP contribution in [0.4, 0.5) is 19.3 Å². The molecule has 0 saturated carbocycles. The van der Waals surface area contributed by atoms with E-state index in [0.29, 0.717) is 11.1 Å². The van der Waals surface area contributed by atoms with Gasteiger partial charge in [0.2, 0.25) is 18.2 Å². The summed E-state index contributed by atoms with van der Waals surface area (Å²) >= 11 is 0. The van der Waals surface area contributed by atoms with Crippen molar-refractivity contribution in [1.29, 1.82) is 0 Å². The summed E-state index contributed by atoms with van der Waals surface area (Å²) in [5.41, 5.74) is 0.986. The Morgan fingerprint density at radius 3 is 2.26 bits per heavy atom. The van der Waals surface area contributed by atoms with Crippen molar-refractivity contribution in [1.82, 2.24) is 25.2 Å². The lowest BCUT2D eigenvalue weighted by Crippen LogP contribution is -2.41. The molecule has 2 aromatic heterocycles. The molecule has 246 valence electrons. The molecule has 2 atom stereocenters. The summed E-state index contributed by atoms with van der Waals surface area (Å²) in [6, 6.07) is 20.8. The van der Waals surface area contributed by atoms with Gasteiger partial charge in [0, 0.05) is 31.0 Å². The predicted octanol–water partition coefficient (Wildman–Crippen LogP) is 3.37. The maximum absolute atomic E-state index is 13.7. The molecule has 0 fully saturated rings. The second-order valence-electron chi connectivity index (χ2n) is 10.4. The molecule has 2 heterocycles. The number of pyridine rings is 1. The largest absolute Gasteiger partial charge is 0.444 e. The van der Waals surface area contributed by atoms with Gasteiger partial charge in [0.05, 0.1) is 24.6 Å². The summed E-state index contributed by atoms with van der Waals surface area (Å²) in [5.74, 6) is -4.23. The zero-order valence-electron chi connectivity index (χ0n) is 25.2. The van der Waals surface area contributed by atoms with Crippen molar-refractivity contribution in [3.05, 3.63) is 113 Å². The van der Waals surface area contributed by atoms with Crippen molar-refractivity contribution >= 4 is 23.6 Å². The third kappa shape index (κ3) is 9.99. The Morgan fingerprint density at radius 1 is 0.915 bits per heavy atom. The van der Waals surface area contributed by atoms with Crippen LogP contribution in [0.25, 0.3) is 11.4 Å². The minimum atomic E-state index is -2.99. The van der Waals surface area contributed by atoms with Crippen molar-refractivity contribution in [2.75, 3.05) is 18.5 Å². The molecule has 0 bridgehead atoms. The van der Waals surface area contributed by atoms with Crippen LogP contribution in [-0.4, -0.2) is 57.1 Å². The molecular weight excluding hydrogens is 614 g/mol. The van der Waals surface area contributed by atoms with E-state index in [-0.39, 0.29) is 37.6 Å². The van der Waals surface area contributed by atoms with Gasteiger partial charge in [0.15, 0.2) is 0 Å². The number of anilines is 1. The predicted molar refractivity (Wildman–Crippen MR) is 168 cm³/mol. The number of ether oxygens (including phenoxy) is 1. The lowest BCUT2D eigenvalue weighted by atomic mass is 9.89. The van der Waals surface area contributed by atoms with Gasteiger partial charge in [-0.3, -0.25) is 29.3 Å². The van der Waals surface area contributed by atoms with Crippen molar-refractivity contribution in [3.63, 3.8) is 0 Å². The highest BCUT2D eigenvalue weighted by molar-refractivity contribution is 5.84. The van der Waals surface area contributed by atoms with Gasteiger partial charge in [-0.05, 0) is 29.7 Å². The fourth-order valence-electron chi connectivity index (χ4n) is 4.72. The van der Waals surface area contributed by atoms with E-state index in [9.17, 15) is 33.1 Å². The smallest absolute Gasteiger partial charge is 0.412 e. The maximum atomic E-state index is 13.7. The first-order valence-electron chi connectivity index (χ1n) is 14.7. The van der Waals surface area contributed by atoms with Crippen LogP contribution in [0.2, 0.25) is 0 Å². The number of carbonyl (C=O) groups is 3. The number of amides is 3. The zero-order valence-corrected chi connectivity index (χ0v) is 25.2. The Bertz CT molecular complexity index is 1680. The Kier molecular flexibility index (Phi) is 12.6. The van der Waals surface area contributed by atoms with E-state index in [1.54, 1.807) is 66.7 Å². The van der Waals surface area contributed by atoms with Gasteiger partial charge in [-0.1, -0.05) is 60.7 Å². The van der Waals surface area contributed by atoms with E-state index in [2.05, 4.69) is 25.9 Å². The first-order chi connectivity index (χ1) is 22.8. The van der Waals surface area contributed by atoms with Crippen LogP contribution >= 0.6 is 0 Å². The van der Waals surface area contributed by atoms with Crippen LogP contribution in [0, 0.1) is 11.8 Å². The van der Waals surface area contributed by atoms with Crippen molar-refractivity contribution in [3.8, 4) is 11.4 Å². The fraction of sp³-hybridized carbons (Fsp3) is 0.273. The normalized spacial score (nSPS) is 12.2. The number of carbonyl (C=O) groups excluding carboxylic acids is 3. The third-order valence-electron chi connectivity index (χ3n) is 7.21. The molecule has 0 spiro atoms. The van der Waals surface area contributed by atoms with Crippen LogP contribution in [-0.2, 0) is 34.0 Å². The van der Waals surface area contributed by atoms with E-state index in [0.717, 1.165) is 16.3 Å². The average Bonchev–Trinajstić information content (AvgIpc) is 3.09. The number of aromatic nitrogens is 3. The number of alkyl halides is 2. The molecule has 4 rings (SSSR count). The maximum Gasteiger partial charge on any atom is 0.412 e. The number of rotatable bonds is 15. The van der Waals surface area contributed by atoms with Crippen molar-refractivity contribution in [2.45, 2.75) is 32.5 Å². The second kappa shape index (κ2) is 17.3. The summed E-state index contributed by atoms with van der Waals surface area (Å²) in [4.78, 5) is 60.1. The molecule has 4 aromatic rings. The summed E-state index contributed by atoms with van der Waals surface area (Å²) in [6.07, 6.45) is 0.117. The topological polar surface area (TPSA) is 165 Å². The molecular formula is C33H34F2N6O6. The molecule has 4 N–H and O–H groups in total. The summed E-state index contributed by atoms with van der Waals surface area (Å²) in [7, 11) is 0. The summed E-state index contributed by atoms with van der Waals surface area (Å²) in [6.45, 7) is -1.66. The van der Waals surface area contributed by atoms with E-state index in [4.69, 9.17) is 4.74 Å². The van der Waals surface area contributed by atoms with Crippen molar-refractivity contribution in [2.24, 2.45) is 11.8 Å². The summed E-state index contributed by atoms with van der Waals surface area (Å²) in [5, 5.41) is 17.1. The monoisotopic (exact) mass is 648 g/mol. The molecule has 47 heavy (non-hydrogen) atoms. The van der Waals surface area contributed by atoms with E-state index in [1.807, 2.05) is 6.07 Å². The minimum absolute atomic E-state index is 0.0375. The quantitative estimate of drug-likeness (QED) is 0.152. The molecule has 0 aliphatic heterocycles. The molecule has 0 aliphatic rings. The molecule has 2 unspecified atom stereocenters. The van der Waals surface area contributed by atoms with Gasteiger partial charge >= 0.3 is 6.09 Å². The van der Waals surface area contributed by atoms with Gasteiger partial charge in [-0.25, -0.2) is 18.6 Å². The zero-order chi connectivity index (χ0) is 33.6. The summed E-state index contributed by atoms with van der Waals surface area (Å²) < 4.78 is 33.7. The minimum Gasteiger partial charge on any atom is -0.444 e. The highest BCUT2D eigenvalue weighted by Crippen LogP contribution is 2.23. The average molecular weight is 649 g/mol. The number of aliphatic hydroxyl groups is 1. The van der Waals surface area contributed by atoms with Crippen LogP contribution in [0.5, 0.6) is 0 Å². The lowest BCUT2D eigenvalue weighted by Gasteiger charge is -2.24. The number of nitrogens with one attached hydrogen (secondary N) is 3. The third-order valence-corrected chi connectivity index (χ3v) is 7.21. The van der Waals surface area contributed by atoms with E-state index in [1.165, 1.54) is 12.4 Å². The first kappa shape index (κ1) is 34.4. The molecule has 2 aromatic carbocycles. The Labute approximate surface area is 268 Å². The van der Waals surface area contributed by atoms with Gasteiger partial charge in [-0.15, -0.1) is 0 Å². The van der Waals surface area contributed by atoms with Gasteiger partial charge in [0.25, 0.3) is 5.56 Å². The number of benzene rings is 2. The van der Waals surface area contributed by atoms with Crippen molar-refractivity contribution < 1.29 is 33.0 Å². The van der Waals surface area contributed by atoms with Crippen LogP contribution in [0.1, 0.15) is 17.5 Å². The van der Waals surface area contributed by atoms with E-state index >= 15 is 0 Å². The first-order valence-corrected chi connectivity index (χ1v) is 14.7. The van der Waals surface area contributed by atoms with E-state index < -0.39 is 54.9 Å². The van der Waals surface area contributed by atoms with Gasteiger partial charge < -0.3 is 20.5 Å². The molecule has 0 radical (unpaired) electrons. The molecule has 14 heteroatoms. The fourth-order valence-corrected chi connectivity index (χ4v) is 4.72. The van der Waals surface area contributed by atoms with Gasteiger partial charge in [-0.2, -0.15) is 0 Å². The van der Waals surface area contributed by atoms with Crippen LogP contribution in [0.3, 0.4) is 0 Å². The number of nitrogens with zero attached hydrogens (tertiary/aromatic N) is 3. The highest BCUT2D eigenvalue weighted by Gasteiger charge is 2.34. The number of hydrogen-bond acceptors (Lipinski definition) is 8. The number of halogens is 2. The second-order valence-corrected chi connectivity index (χ2v) is 10.4. The molecule has 0 saturated heterocycles. The number of hydrogen-bond donors (Lipinski definition) is 4. The molecule has 0 aliphatic carbocycles. The number of aliphatic hydroxyl groups excluding tert-OH is 1. The Balaban J connectivity index is 1.45. The molecule has 12 nitrogen and oxygen atoms in total. The highest BCUT2D eigenvalue weighted by atomic mass is 19.3. The van der Waals surface area contributed by atoms with Crippen LogP contribution < -0.4 is 21.5 Å². The van der Waals surface area contributed by atoms with Gasteiger partial charge in [0.1, 0.15) is 24.7 Å². The molecule has 3 amide bonds. The lowest BCUT2D eigenvalue weighted by molar-refractivity contribution is -0.131. The Morgan fingerprint density at radius 2 is 1.60 bits per heavy atom. The SMILES string of the molecule is O=C(Cn1c(-c2ccccc2)ncc(NC(=O)OCc2ccccc2)c1=O)NCCC(C(=O)NCc1ccncc1)C(CO)C(F)F. The van der Waals surface area contributed by atoms with Crippen LogP contribution in [0.15, 0.2) is 96.2 Å².